The molecule has 0 atom stereocenters. The molecule has 0 aliphatic rings. The zero-order valence-electron chi connectivity index (χ0n) is 12.9. The molecule has 0 aliphatic heterocycles. The molecule has 8 nitrogen and oxygen atoms in total. The fraction of sp³-hybridized carbons (Fsp3) is 0.0667. The van der Waals surface area contributed by atoms with E-state index in [2.05, 4.69) is 8.97 Å². The van der Waals surface area contributed by atoms with Crippen LogP contribution in [0.15, 0.2) is 59.5 Å². The van der Waals surface area contributed by atoms with Crippen LogP contribution in [0, 0.1) is 0 Å². The number of carbonyl (C=O) groups excluding carboxylic acids is 1. The largest absolute Gasteiger partial charge is 0.456 e. The van der Waals surface area contributed by atoms with Crippen molar-refractivity contribution >= 4 is 30.8 Å². The Morgan fingerprint density at radius 1 is 0.960 bits per heavy atom. The van der Waals surface area contributed by atoms with Gasteiger partial charge >= 0.3 is 15.2 Å². The minimum atomic E-state index is -4.41. The first-order valence-electron chi connectivity index (χ1n) is 6.71. The zero-order valence-corrected chi connectivity index (χ0v) is 14.5. The van der Waals surface area contributed by atoms with Crippen LogP contribution in [0.4, 0.5) is 0 Å². The Balaban J connectivity index is 2.40. The Morgan fingerprint density at radius 3 is 2.00 bits per heavy atom. The number of hydrogen-bond donors (Lipinski definition) is 0. The highest BCUT2D eigenvalue weighted by Gasteiger charge is 2.38. The molecule has 0 saturated heterocycles. The predicted molar refractivity (Wildman–Crippen MR) is 88.5 cm³/mol. The fourth-order valence-electron chi connectivity index (χ4n) is 1.89. The Morgan fingerprint density at radius 2 is 1.52 bits per heavy atom. The molecule has 0 aromatic heterocycles. The van der Waals surface area contributed by atoms with Crippen molar-refractivity contribution in [3.05, 3.63) is 65.7 Å². The summed E-state index contributed by atoms with van der Waals surface area (Å²) in [5.41, 5.74) is 9.08. The van der Waals surface area contributed by atoms with Gasteiger partial charge in [-0.05, 0) is 24.3 Å². The molecule has 0 heterocycles. The van der Waals surface area contributed by atoms with Crippen molar-refractivity contribution in [1.29, 1.82) is 0 Å². The van der Waals surface area contributed by atoms with E-state index in [0.717, 1.165) is 30.5 Å². The van der Waals surface area contributed by atoms with Crippen LogP contribution in [0.3, 0.4) is 0 Å². The first kappa shape index (κ1) is 18.5. The third-order valence-corrected chi connectivity index (χ3v) is 5.12. The lowest BCUT2D eigenvalue weighted by atomic mass is 10.1. The van der Waals surface area contributed by atoms with Crippen molar-refractivity contribution in [2.45, 2.75) is 4.90 Å². The lowest BCUT2D eigenvalue weighted by molar-refractivity contribution is -0.00158. The van der Waals surface area contributed by atoms with Crippen LogP contribution in [-0.2, 0) is 20.0 Å². The molecular weight excluding hydrogens is 368 g/mol. The third kappa shape index (κ3) is 4.38. The van der Waals surface area contributed by atoms with Gasteiger partial charge in [0.25, 0.3) is 15.6 Å². The number of rotatable bonds is 5. The lowest BCUT2D eigenvalue weighted by Gasteiger charge is -2.04. The van der Waals surface area contributed by atoms with E-state index in [1.54, 1.807) is 6.07 Å². The van der Waals surface area contributed by atoms with E-state index in [1.165, 1.54) is 24.3 Å². The summed E-state index contributed by atoms with van der Waals surface area (Å²) in [5, 5.41) is -1.05. The smallest absolute Gasteiger partial charge is 0.383 e. The molecule has 10 heteroatoms. The van der Waals surface area contributed by atoms with Crippen LogP contribution < -0.4 is 4.18 Å². The molecule has 0 bridgehead atoms. The van der Waals surface area contributed by atoms with Crippen LogP contribution in [0.5, 0.6) is 5.75 Å². The molecule has 0 fully saturated rings. The van der Waals surface area contributed by atoms with Crippen LogP contribution in [0.1, 0.15) is 10.4 Å². The summed E-state index contributed by atoms with van der Waals surface area (Å²) in [4.78, 5) is 14.6. The second-order valence-corrected chi connectivity index (χ2v) is 8.30. The van der Waals surface area contributed by atoms with Crippen molar-refractivity contribution < 1.29 is 30.6 Å². The molecule has 0 unspecified atom stereocenters. The van der Waals surface area contributed by atoms with Crippen LogP contribution in [0.25, 0.3) is 5.53 Å². The van der Waals surface area contributed by atoms with Gasteiger partial charge in [-0.2, -0.15) is 8.42 Å². The van der Waals surface area contributed by atoms with E-state index in [0.29, 0.717) is 0 Å². The number of Topliss-reactive ketones (excluding diaryl/α,β-unsaturated/α-hetero) is 1. The van der Waals surface area contributed by atoms with E-state index in [9.17, 15) is 21.6 Å². The number of nitrogens with zero attached hydrogens (tertiary/aromatic N) is 2. The molecule has 0 amide bonds. The van der Waals surface area contributed by atoms with E-state index in [4.69, 9.17) is 5.53 Å². The summed E-state index contributed by atoms with van der Waals surface area (Å²) in [6.07, 6.45) is 0.840. The highest BCUT2D eigenvalue weighted by molar-refractivity contribution is 8.08. The molecular formula is C15H12N2O6S2. The lowest BCUT2D eigenvalue weighted by Crippen LogP contribution is -2.26. The van der Waals surface area contributed by atoms with E-state index >= 15 is 0 Å². The molecule has 0 spiro atoms. The number of ketones is 1. The second kappa shape index (κ2) is 6.98. The molecule has 2 aromatic carbocycles. The van der Waals surface area contributed by atoms with Crippen LogP contribution in [-0.4, -0.2) is 38.7 Å². The standard InChI is InChI=1S/C15H12N2O6S2/c1-24(19,20)23-12-7-9-13(10-8-12)25(21,22)15(17-16)14(18)11-5-3-2-4-6-11/h2-10H,1H3. The average Bonchev–Trinajstić information content (AvgIpc) is 2.55. The normalized spacial score (nSPS) is 11.4. The number of hydrogen-bond acceptors (Lipinski definition) is 6. The zero-order chi connectivity index (χ0) is 18.7. The molecule has 0 saturated carbocycles. The van der Waals surface area contributed by atoms with Gasteiger partial charge in [0.1, 0.15) is 5.75 Å². The Kier molecular flexibility index (Phi) is 5.17. The molecule has 130 valence electrons. The van der Waals surface area contributed by atoms with Crippen molar-refractivity contribution in [3.8, 4) is 5.75 Å². The first-order chi connectivity index (χ1) is 11.6. The van der Waals surface area contributed by atoms with Gasteiger partial charge in [-0.15, -0.1) is 4.79 Å². The van der Waals surface area contributed by atoms with E-state index < -0.39 is 30.8 Å². The molecule has 25 heavy (non-hydrogen) atoms. The SMILES string of the molecule is CS(=O)(=O)Oc1ccc(S(=O)(=O)C(=[N+]=[N-])C(=O)c2ccccc2)cc1. The van der Waals surface area contributed by atoms with Gasteiger partial charge in [-0.25, -0.2) is 8.42 Å². The first-order valence-corrected chi connectivity index (χ1v) is 10.0. The number of sulfone groups is 1. The Bertz CT molecular complexity index is 1050. The van der Waals surface area contributed by atoms with Crippen molar-refractivity contribution in [2.24, 2.45) is 0 Å². The minimum absolute atomic E-state index is 0.0379. The summed E-state index contributed by atoms with van der Waals surface area (Å²) < 4.78 is 51.7. The summed E-state index contributed by atoms with van der Waals surface area (Å²) >= 11 is 0. The summed E-state index contributed by atoms with van der Waals surface area (Å²) in [6.45, 7) is 0. The average molecular weight is 380 g/mol. The number of benzene rings is 2. The van der Waals surface area contributed by atoms with Gasteiger partial charge in [0.05, 0.1) is 11.2 Å². The molecule has 0 aliphatic carbocycles. The van der Waals surface area contributed by atoms with Crippen molar-refractivity contribution in [3.63, 3.8) is 0 Å². The van der Waals surface area contributed by atoms with Gasteiger partial charge in [-0.1, -0.05) is 30.3 Å². The fourth-order valence-corrected chi connectivity index (χ4v) is 3.54. The van der Waals surface area contributed by atoms with Crippen LogP contribution in [0.2, 0.25) is 0 Å². The van der Waals surface area contributed by atoms with Crippen molar-refractivity contribution in [1.82, 2.24) is 0 Å². The highest BCUT2D eigenvalue weighted by atomic mass is 32.2. The molecule has 0 N–H and O–H groups in total. The summed E-state index contributed by atoms with van der Waals surface area (Å²) in [7, 11) is -8.18. The topological polar surface area (TPSA) is 131 Å². The monoisotopic (exact) mass is 380 g/mol. The van der Waals surface area contributed by atoms with Gasteiger partial charge < -0.3 is 9.71 Å². The number of carbonyl (C=O) groups is 1. The van der Waals surface area contributed by atoms with E-state index in [-0.39, 0.29) is 16.2 Å². The maximum absolute atomic E-state index is 12.5. The van der Waals surface area contributed by atoms with Crippen LogP contribution >= 0.6 is 0 Å². The Hall–Kier alpha value is -2.81. The van der Waals surface area contributed by atoms with Gasteiger partial charge in [0, 0.05) is 5.56 Å². The Labute approximate surface area is 144 Å². The van der Waals surface area contributed by atoms with Gasteiger partial charge in [0.2, 0.25) is 0 Å². The summed E-state index contributed by atoms with van der Waals surface area (Å²) in [6, 6.07) is 11.8. The van der Waals surface area contributed by atoms with E-state index in [1.807, 2.05) is 0 Å². The quantitative estimate of drug-likeness (QED) is 0.192. The van der Waals surface area contributed by atoms with Gasteiger partial charge in [0.15, 0.2) is 0 Å². The van der Waals surface area contributed by atoms with Crippen molar-refractivity contribution in [2.75, 3.05) is 6.26 Å². The minimum Gasteiger partial charge on any atom is -0.383 e. The third-order valence-electron chi connectivity index (χ3n) is 2.96. The molecule has 2 rings (SSSR count). The molecule has 0 radical (unpaired) electrons. The second-order valence-electron chi connectivity index (χ2n) is 4.86. The predicted octanol–water partition coefficient (Wildman–Crippen LogP) is 1.31. The summed E-state index contributed by atoms with van der Waals surface area (Å²) in [5.74, 6) is -1.07. The molecule has 2 aromatic rings. The maximum Gasteiger partial charge on any atom is 0.456 e. The van der Waals surface area contributed by atoms with Gasteiger partial charge in [-0.3, -0.25) is 4.79 Å². The maximum atomic E-state index is 12.5. The highest BCUT2D eigenvalue weighted by Crippen LogP contribution is 2.20.